The van der Waals surface area contributed by atoms with Crippen LogP contribution in [0.5, 0.6) is 0 Å². The zero-order valence-corrected chi connectivity index (χ0v) is 10.0. The summed E-state index contributed by atoms with van der Waals surface area (Å²) >= 11 is 0. The van der Waals surface area contributed by atoms with Crippen molar-refractivity contribution >= 4 is 0 Å². The molecular formula is C14H20FN. The average molecular weight is 221 g/mol. The minimum atomic E-state index is -0.173. The molecule has 2 heteroatoms. The molecule has 2 N–H and O–H groups in total. The van der Waals surface area contributed by atoms with E-state index < -0.39 is 0 Å². The van der Waals surface area contributed by atoms with Crippen molar-refractivity contribution in [3.63, 3.8) is 0 Å². The maximum absolute atomic E-state index is 13.0. The molecule has 0 saturated heterocycles. The van der Waals surface area contributed by atoms with Gasteiger partial charge in [0.1, 0.15) is 5.82 Å². The van der Waals surface area contributed by atoms with E-state index in [1.807, 2.05) is 13.0 Å². The van der Waals surface area contributed by atoms with E-state index in [4.69, 9.17) is 5.73 Å². The second-order valence-corrected chi connectivity index (χ2v) is 5.10. The maximum Gasteiger partial charge on any atom is 0.123 e. The third-order valence-corrected chi connectivity index (χ3v) is 3.98. The first-order valence-corrected chi connectivity index (χ1v) is 6.11. The number of aryl methyl sites for hydroxylation is 1. The Morgan fingerprint density at radius 1 is 1.38 bits per heavy atom. The van der Waals surface area contributed by atoms with Crippen molar-refractivity contribution in [1.82, 2.24) is 0 Å². The van der Waals surface area contributed by atoms with Gasteiger partial charge >= 0.3 is 0 Å². The monoisotopic (exact) mass is 221 g/mol. The van der Waals surface area contributed by atoms with Gasteiger partial charge in [-0.05, 0) is 48.4 Å². The largest absolute Gasteiger partial charge is 0.324 e. The van der Waals surface area contributed by atoms with Gasteiger partial charge in [-0.1, -0.05) is 25.8 Å². The zero-order valence-electron chi connectivity index (χ0n) is 10.0. The van der Waals surface area contributed by atoms with Crippen LogP contribution in [0.15, 0.2) is 18.2 Å². The molecule has 0 bridgehead atoms. The molecule has 0 heterocycles. The molecule has 16 heavy (non-hydrogen) atoms. The Morgan fingerprint density at radius 3 is 2.69 bits per heavy atom. The Kier molecular flexibility index (Phi) is 3.29. The Balaban J connectivity index is 2.23. The van der Waals surface area contributed by atoms with E-state index in [1.165, 1.54) is 25.3 Å². The van der Waals surface area contributed by atoms with Gasteiger partial charge in [0, 0.05) is 6.04 Å². The van der Waals surface area contributed by atoms with Crippen LogP contribution in [0, 0.1) is 24.6 Å². The number of halogens is 1. The summed E-state index contributed by atoms with van der Waals surface area (Å²) in [7, 11) is 0. The number of nitrogens with two attached hydrogens (primary N) is 1. The number of benzene rings is 1. The molecule has 0 radical (unpaired) electrons. The van der Waals surface area contributed by atoms with Crippen LogP contribution in [0.1, 0.15) is 43.4 Å². The molecule has 88 valence electrons. The summed E-state index contributed by atoms with van der Waals surface area (Å²) in [6.45, 7) is 4.22. The molecular weight excluding hydrogens is 201 g/mol. The van der Waals surface area contributed by atoms with Crippen molar-refractivity contribution in [2.24, 2.45) is 17.6 Å². The molecule has 2 rings (SSSR count). The lowest BCUT2D eigenvalue weighted by molar-refractivity contribution is 0.350. The van der Waals surface area contributed by atoms with E-state index in [0.717, 1.165) is 11.1 Å². The lowest BCUT2D eigenvalue weighted by Crippen LogP contribution is -2.24. The fourth-order valence-electron chi connectivity index (χ4n) is 2.95. The lowest BCUT2D eigenvalue weighted by Gasteiger charge is -2.25. The summed E-state index contributed by atoms with van der Waals surface area (Å²) in [5.74, 6) is 1.08. The van der Waals surface area contributed by atoms with Gasteiger partial charge < -0.3 is 5.73 Å². The molecule has 1 aromatic rings. The van der Waals surface area contributed by atoms with E-state index in [-0.39, 0.29) is 11.9 Å². The van der Waals surface area contributed by atoms with E-state index >= 15 is 0 Å². The quantitative estimate of drug-likeness (QED) is 0.811. The van der Waals surface area contributed by atoms with Crippen molar-refractivity contribution in [3.05, 3.63) is 35.1 Å². The molecule has 3 atom stereocenters. The molecule has 1 aromatic carbocycles. The van der Waals surface area contributed by atoms with E-state index in [9.17, 15) is 4.39 Å². The van der Waals surface area contributed by atoms with Crippen molar-refractivity contribution in [2.75, 3.05) is 0 Å². The van der Waals surface area contributed by atoms with Crippen molar-refractivity contribution in [3.8, 4) is 0 Å². The normalized spacial score (nSPS) is 27.0. The Morgan fingerprint density at radius 2 is 2.12 bits per heavy atom. The summed E-state index contributed by atoms with van der Waals surface area (Å²) in [6.07, 6.45) is 3.76. The second kappa shape index (κ2) is 4.54. The van der Waals surface area contributed by atoms with Crippen molar-refractivity contribution in [2.45, 2.75) is 39.2 Å². The van der Waals surface area contributed by atoms with Crippen LogP contribution in [0.2, 0.25) is 0 Å². The minimum absolute atomic E-state index is 0.0677. The first-order chi connectivity index (χ1) is 7.59. The second-order valence-electron chi connectivity index (χ2n) is 5.10. The van der Waals surface area contributed by atoms with Gasteiger partial charge in [-0.25, -0.2) is 4.39 Å². The molecule has 1 saturated carbocycles. The first-order valence-electron chi connectivity index (χ1n) is 6.11. The van der Waals surface area contributed by atoms with Crippen LogP contribution in [0.4, 0.5) is 4.39 Å². The average Bonchev–Trinajstić information content (AvgIpc) is 2.63. The van der Waals surface area contributed by atoms with Crippen molar-refractivity contribution in [1.29, 1.82) is 0 Å². The lowest BCUT2D eigenvalue weighted by atomic mass is 9.85. The molecule has 1 aliphatic rings. The van der Waals surface area contributed by atoms with Crippen molar-refractivity contribution < 1.29 is 4.39 Å². The minimum Gasteiger partial charge on any atom is -0.324 e. The van der Waals surface area contributed by atoms with Crippen LogP contribution < -0.4 is 5.73 Å². The topological polar surface area (TPSA) is 26.0 Å². The van der Waals surface area contributed by atoms with Crippen LogP contribution in [-0.4, -0.2) is 0 Å². The molecule has 0 aliphatic heterocycles. The summed E-state index contributed by atoms with van der Waals surface area (Å²) in [4.78, 5) is 0. The van der Waals surface area contributed by atoms with Gasteiger partial charge in [0.2, 0.25) is 0 Å². The fourth-order valence-corrected chi connectivity index (χ4v) is 2.95. The SMILES string of the molecule is Cc1cc(F)ccc1C(N)C1CCCC1C. The molecule has 0 spiro atoms. The van der Waals surface area contributed by atoms with E-state index in [0.29, 0.717) is 11.8 Å². The van der Waals surface area contributed by atoms with Gasteiger partial charge in [0.25, 0.3) is 0 Å². The molecule has 1 aliphatic carbocycles. The van der Waals surface area contributed by atoms with E-state index in [1.54, 1.807) is 6.07 Å². The van der Waals surface area contributed by atoms with Gasteiger partial charge in [-0.3, -0.25) is 0 Å². The zero-order chi connectivity index (χ0) is 11.7. The van der Waals surface area contributed by atoms with Crippen LogP contribution >= 0.6 is 0 Å². The predicted octanol–water partition coefficient (Wildman–Crippen LogP) is 3.57. The molecule has 1 nitrogen and oxygen atoms in total. The summed E-state index contributed by atoms with van der Waals surface area (Å²) in [6, 6.07) is 5.01. The molecule has 0 amide bonds. The maximum atomic E-state index is 13.0. The van der Waals surface area contributed by atoms with Crippen LogP contribution in [0.3, 0.4) is 0 Å². The van der Waals surface area contributed by atoms with Crippen LogP contribution in [0.25, 0.3) is 0 Å². The standard InChI is InChI=1S/C14H20FN/c1-9-4-3-5-12(9)14(16)13-7-6-11(15)8-10(13)2/h6-9,12,14H,3-5,16H2,1-2H3. The summed E-state index contributed by atoms with van der Waals surface area (Å²) < 4.78 is 13.0. The van der Waals surface area contributed by atoms with Gasteiger partial charge in [-0.2, -0.15) is 0 Å². The highest BCUT2D eigenvalue weighted by Crippen LogP contribution is 2.39. The highest BCUT2D eigenvalue weighted by Gasteiger charge is 2.30. The van der Waals surface area contributed by atoms with E-state index in [2.05, 4.69) is 6.92 Å². The molecule has 1 fully saturated rings. The third kappa shape index (κ3) is 2.12. The Labute approximate surface area is 96.9 Å². The number of hydrogen-bond donors (Lipinski definition) is 1. The Hall–Kier alpha value is -0.890. The highest BCUT2D eigenvalue weighted by molar-refractivity contribution is 5.30. The van der Waals surface area contributed by atoms with Gasteiger partial charge in [0.05, 0.1) is 0 Å². The predicted molar refractivity (Wildman–Crippen MR) is 64.6 cm³/mol. The third-order valence-electron chi connectivity index (χ3n) is 3.98. The number of hydrogen-bond acceptors (Lipinski definition) is 1. The smallest absolute Gasteiger partial charge is 0.123 e. The Bertz CT molecular complexity index is 375. The fraction of sp³-hybridized carbons (Fsp3) is 0.571. The van der Waals surface area contributed by atoms with Crippen LogP contribution in [-0.2, 0) is 0 Å². The number of rotatable bonds is 2. The molecule has 3 unspecified atom stereocenters. The van der Waals surface area contributed by atoms with Gasteiger partial charge in [0.15, 0.2) is 0 Å². The summed E-state index contributed by atoms with van der Waals surface area (Å²) in [5, 5.41) is 0. The first kappa shape index (κ1) is 11.6. The highest BCUT2D eigenvalue weighted by atomic mass is 19.1. The molecule has 0 aromatic heterocycles. The summed E-state index contributed by atoms with van der Waals surface area (Å²) in [5.41, 5.74) is 8.41. The van der Waals surface area contributed by atoms with Gasteiger partial charge in [-0.15, -0.1) is 0 Å².